The van der Waals surface area contributed by atoms with E-state index in [-0.39, 0.29) is 5.91 Å². The fourth-order valence-corrected chi connectivity index (χ4v) is 3.41. The zero-order valence-corrected chi connectivity index (χ0v) is 13.1. The summed E-state index contributed by atoms with van der Waals surface area (Å²) in [5.41, 5.74) is 3.15. The maximum Gasteiger partial charge on any atom is 0.263 e. The topological polar surface area (TPSA) is 24.8 Å². The Bertz CT molecular complexity index is 868. The van der Waals surface area contributed by atoms with E-state index in [4.69, 9.17) is 0 Å². The average Bonchev–Trinajstić information content (AvgIpc) is 2.84. The second-order valence-corrected chi connectivity index (χ2v) is 6.19. The minimum absolute atomic E-state index is 0.115. The van der Waals surface area contributed by atoms with Gasteiger partial charge in [0, 0.05) is 10.9 Å². The molecule has 1 atom stereocenters. The van der Waals surface area contributed by atoms with Crippen LogP contribution in [0.4, 0.5) is 5.69 Å². The number of nitrogens with one attached hydrogen (secondary N) is 1. The van der Waals surface area contributed by atoms with Gasteiger partial charge < -0.3 is 4.90 Å². The van der Waals surface area contributed by atoms with Gasteiger partial charge in [-0.2, -0.15) is 0 Å². The summed E-state index contributed by atoms with van der Waals surface area (Å²) in [5.74, 6) is 0.115. The van der Waals surface area contributed by atoms with Crippen LogP contribution in [-0.2, 0) is 6.54 Å². The normalized spacial score (nSPS) is 14.5. The van der Waals surface area contributed by atoms with E-state index >= 15 is 0 Å². The molecule has 1 aliphatic rings. The van der Waals surface area contributed by atoms with Crippen LogP contribution in [0.5, 0.6) is 0 Å². The molecule has 0 aliphatic carbocycles. The number of carbonyl (C=O) groups is 1. The van der Waals surface area contributed by atoms with Crippen LogP contribution in [0.3, 0.4) is 0 Å². The number of hydrogen-bond donors (Lipinski definition) is 1. The SMILES string of the molecule is C[NH+](Cc1ccccc1)CN1C(=O)c2cccc3cccc1c23. The maximum atomic E-state index is 12.8. The monoisotopic (exact) mass is 303 g/mol. The van der Waals surface area contributed by atoms with E-state index in [1.165, 1.54) is 10.5 Å². The van der Waals surface area contributed by atoms with Crippen LogP contribution >= 0.6 is 0 Å². The van der Waals surface area contributed by atoms with Gasteiger partial charge in [-0.15, -0.1) is 0 Å². The Hall–Kier alpha value is -2.65. The quantitative estimate of drug-likeness (QED) is 0.787. The number of carbonyl (C=O) groups excluding carboxylic acids is 1. The lowest BCUT2D eigenvalue weighted by atomic mass is 10.1. The largest absolute Gasteiger partial charge is 0.316 e. The third kappa shape index (κ3) is 2.39. The highest BCUT2D eigenvalue weighted by Crippen LogP contribution is 2.36. The van der Waals surface area contributed by atoms with Crippen LogP contribution in [0.2, 0.25) is 0 Å². The van der Waals surface area contributed by atoms with Gasteiger partial charge in [0.1, 0.15) is 6.54 Å². The van der Waals surface area contributed by atoms with Gasteiger partial charge >= 0.3 is 0 Å². The summed E-state index contributed by atoms with van der Waals surface area (Å²) in [4.78, 5) is 16.0. The van der Waals surface area contributed by atoms with Crippen molar-refractivity contribution in [2.75, 3.05) is 18.6 Å². The molecule has 4 rings (SSSR count). The predicted molar refractivity (Wildman–Crippen MR) is 92.7 cm³/mol. The molecule has 0 fully saturated rings. The lowest BCUT2D eigenvalue weighted by Gasteiger charge is -2.22. The molecule has 1 aliphatic heterocycles. The molecular formula is C20H19N2O+. The molecule has 0 spiro atoms. The van der Waals surface area contributed by atoms with Crippen molar-refractivity contribution in [2.24, 2.45) is 0 Å². The third-order valence-electron chi connectivity index (χ3n) is 4.43. The number of nitrogens with zero attached hydrogens (tertiary/aromatic N) is 1. The molecule has 1 heterocycles. The first-order chi connectivity index (χ1) is 11.2. The van der Waals surface area contributed by atoms with E-state index in [2.05, 4.69) is 43.4 Å². The summed E-state index contributed by atoms with van der Waals surface area (Å²) in [6, 6.07) is 22.5. The summed E-state index contributed by atoms with van der Waals surface area (Å²) in [7, 11) is 2.13. The molecule has 0 bridgehead atoms. The van der Waals surface area contributed by atoms with Crippen LogP contribution < -0.4 is 9.80 Å². The van der Waals surface area contributed by atoms with E-state index in [1.807, 2.05) is 35.2 Å². The molecule has 1 N–H and O–H groups in total. The molecule has 0 aromatic heterocycles. The molecule has 23 heavy (non-hydrogen) atoms. The van der Waals surface area contributed by atoms with Gasteiger partial charge in [0.2, 0.25) is 0 Å². The smallest absolute Gasteiger partial charge is 0.263 e. The van der Waals surface area contributed by atoms with Crippen molar-refractivity contribution in [1.29, 1.82) is 0 Å². The molecule has 3 nitrogen and oxygen atoms in total. The van der Waals surface area contributed by atoms with Gasteiger partial charge in [-0.3, -0.25) is 9.69 Å². The first-order valence-electron chi connectivity index (χ1n) is 7.93. The van der Waals surface area contributed by atoms with Crippen molar-refractivity contribution in [1.82, 2.24) is 0 Å². The summed E-state index contributed by atoms with van der Waals surface area (Å²) in [6.07, 6.45) is 0. The van der Waals surface area contributed by atoms with E-state index in [1.54, 1.807) is 0 Å². The molecule has 3 aromatic carbocycles. The molecule has 114 valence electrons. The van der Waals surface area contributed by atoms with Gasteiger partial charge in [-0.1, -0.05) is 54.6 Å². The highest BCUT2D eigenvalue weighted by Gasteiger charge is 2.31. The van der Waals surface area contributed by atoms with E-state index < -0.39 is 0 Å². The molecule has 0 saturated heterocycles. The number of rotatable bonds is 4. The molecule has 1 amide bonds. The molecule has 1 unspecified atom stereocenters. The van der Waals surface area contributed by atoms with Gasteiger partial charge in [0.25, 0.3) is 5.91 Å². The Morgan fingerprint density at radius 1 is 0.913 bits per heavy atom. The number of amides is 1. The maximum absolute atomic E-state index is 12.8. The molecule has 0 radical (unpaired) electrons. The predicted octanol–water partition coefficient (Wildman–Crippen LogP) is 2.47. The van der Waals surface area contributed by atoms with E-state index in [0.717, 1.165) is 28.6 Å². The van der Waals surface area contributed by atoms with Crippen LogP contribution in [0.15, 0.2) is 66.7 Å². The standard InChI is InChI=1S/C20H18N2O/c1-21(13-15-7-3-2-4-8-15)14-22-18-12-6-10-16-9-5-11-17(19(16)18)20(22)23/h2-12H,13-14H2,1H3/p+1. The van der Waals surface area contributed by atoms with Crippen molar-refractivity contribution in [2.45, 2.75) is 6.54 Å². The van der Waals surface area contributed by atoms with Gasteiger partial charge in [0.05, 0.1) is 18.3 Å². The van der Waals surface area contributed by atoms with Crippen molar-refractivity contribution >= 4 is 22.4 Å². The lowest BCUT2D eigenvalue weighted by molar-refractivity contribution is -0.892. The van der Waals surface area contributed by atoms with Gasteiger partial charge in [0.15, 0.2) is 6.67 Å². The second kappa shape index (κ2) is 5.52. The molecule has 0 saturated carbocycles. The second-order valence-electron chi connectivity index (χ2n) is 6.19. The summed E-state index contributed by atoms with van der Waals surface area (Å²) < 4.78 is 0. The van der Waals surface area contributed by atoms with Crippen LogP contribution in [0.1, 0.15) is 15.9 Å². The molecular weight excluding hydrogens is 284 g/mol. The van der Waals surface area contributed by atoms with Gasteiger partial charge in [-0.25, -0.2) is 0 Å². The zero-order valence-electron chi connectivity index (χ0n) is 13.1. The number of quaternary nitrogens is 1. The number of benzene rings is 3. The minimum atomic E-state index is 0.115. The van der Waals surface area contributed by atoms with Crippen LogP contribution in [0, 0.1) is 0 Å². The van der Waals surface area contributed by atoms with Crippen molar-refractivity contribution < 1.29 is 9.69 Å². The Labute approximate surface area is 135 Å². The first kappa shape index (κ1) is 14.0. The minimum Gasteiger partial charge on any atom is -0.316 e. The van der Waals surface area contributed by atoms with Gasteiger partial charge in [-0.05, 0) is 17.5 Å². The Balaban J connectivity index is 1.61. The Morgan fingerprint density at radius 3 is 2.43 bits per heavy atom. The fourth-order valence-electron chi connectivity index (χ4n) is 3.41. The Kier molecular flexibility index (Phi) is 3.36. The Morgan fingerprint density at radius 2 is 1.65 bits per heavy atom. The highest BCUT2D eigenvalue weighted by atomic mass is 16.2. The molecule has 3 aromatic rings. The third-order valence-corrected chi connectivity index (χ3v) is 4.43. The summed E-state index contributed by atoms with van der Waals surface area (Å²) in [6.45, 7) is 1.57. The van der Waals surface area contributed by atoms with Crippen molar-refractivity contribution in [3.63, 3.8) is 0 Å². The fraction of sp³-hybridized carbons (Fsp3) is 0.150. The van der Waals surface area contributed by atoms with Crippen molar-refractivity contribution in [3.05, 3.63) is 77.9 Å². The zero-order chi connectivity index (χ0) is 15.8. The number of anilines is 1. The summed E-state index contributed by atoms with van der Waals surface area (Å²) >= 11 is 0. The summed E-state index contributed by atoms with van der Waals surface area (Å²) in [5, 5.41) is 2.23. The number of hydrogen-bond acceptors (Lipinski definition) is 1. The molecule has 3 heteroatoms. The lowest BCUT2D eigenvalue weighted by Crippen LogP contribution is -3.09. The average molecular weight is 303 g/mol. The van der Waals surface area contributed by atoms with Crippen LogP contribution in [0.25, 0.3) is 10.8 Å². The first-order valence-corrected chi connectivity index (χ1v) is 7.93. The van der Waals surface area contributed by atoms with Crippen LogP contribution in [-0.4, -0.2) is 19.6 Å². The van der Waals surface area contributed by atoms with E-state index in [9.17, 15) is 4.79 Å². The highest BCUT2D eigenvalue weighted by molar-refractivity contribution is 6.24. The van der Waals surface area contributed by atoms with Crippen molar-refractivity contribution in [3.8, 4) is 0 Å². The van der Waals surface area contributed by atoms with E-state index in [0.29, 0.717) is 6.67 Å².